The predicted octanol–water partition coefficient (Wildman–Crippen LogP) is 0.0203. The average molecular weight is 179 g/mol. The van der Waals surface area contributed by atoms with E-state index in [1.54, 1.807) is 0 Å². The monoisotopic (exact) mass is 179 g/mol. The number of imidazole rings is 1. The van der Waals surface area contributed by atoms with Crippen molar-refractivity contribution >= 4 is 0 Å². The summed E-state index contributed by atoms with van der Waals surface area (Å²) >= 11 is 0. The average Bonchev–Trinajstić information content (AvgIpc) is 2.71. The molecule has 1 fully saturated rings. The molecule has 1 saturated heterocycles. The molecule has 0 saturated carbocycles. The van der Waals surface area contributed by atoms with Crippen LogP contribution >= 0.6 is 0 Å². The van der Waals surface area contributed by atoms with Crippen LogP contribution in [0.2, 0.25) is 0 Å². The molecule has 2 atom stereocenters. The van der Waals surface area contributed by atoms with Crippen LogP contribution in [0.5, 0.6) is 0 Å². The summed E-state index contributed by atoms with van der Waals surface area (Å²) in [4.78, 5) is 4.04. The van der Waals surface area contributed by atoms with Crippen molar-refractivity contribution in [2.75, 3.05) is 19.6 Å². The van der Waals surface area contributed by atoms with Crippen molar-refractivity contribution in [2.24, 2.45) is 0 Å². The highest BCUT2D eigenvalue weighted by atomic mass is 15.1. The van der Waals surface area contributed by atoms with E-state index < -0.39 is 0 Å². The highest BCUT2D eigenvalue weighted by Gasteiger charge is 2.20. The van der Waals surface area contributed by atoms with Crippen molar-refractivity contribution in [2.45, 2.75) is 19.0 Å². The van der Waals surface area contributed by atoms with Gasteiger partial charge in [-0.05, 0) is 6.92 Å². The molecule has 2 unspecified atom stereocenters. The minimum Gasteiger partial charge on any atom is -0.333 e. The van der Waals surface area contributed by atoms with Crippen LogP contribution in [0.3, 0.4) is 0 Å². The maximum absolute atomic E-state index is 4.57. The van der Waals surface area contributed by atoms with Crippen molar-refractivity contribution in [3.05, 3.63) is 18.7 Å². The summed E-state index contributed by atoms with van der Waals surface area (Å²) in [5.41, 5.74) is 0. The first-order valence-electron chi connectivity index (χ1n) is 4.72. The summed E-state index contributed by atoms with van der Waals surface area (Å²) in [5, 5.41) is 7.92. The molecule has 1 aromatic heterocycles. The van der Waals surface area contributed by atoms with Crippen LogP contribution in [0.25, 0.3) is 0 Å². The Morgan fingerprint density at radius 1 is 1.62 bits per heavy atom. The van der Waals surface area contributed by atoms with Gasteiger partial charge in [0.15, 0.2) is 0 Å². The summed E-state index contributed by atoms with van der Waals surface area (Å²) in [7, 11) is 0. The lowest BCUT2D eigenvalue weighted by Crippen LogP contribution is -2.47. The fourth-order valence-electron chi connectivity index (χ4n) is 1.66. The van der Waals surface area contributed by atoms with Crippen molar-refractivity contribution in [3.63, 3.8) is 0 Å². The van der Waals surface area contributed by atoms with Crippen molar-refractivity contribution in [1.82, 2.24) is 20.2 Å². The molecule has 71 valence electrons. The highest BCUT2D eigenvalue weighted by molar-refractivity contribution is 4.87. The van der Waals surface area contributed by atoms with Crippen molar-refractivity contribution < 1.29 is 0 Å². The quantitative estimate of drug-likeness (QED) is 0.695. The molecular weight excluding hydrogens is 164 g/mol. The molecule has 4 nitrogen and oxygen atoms in total. The number of nitrogens with one attached hydrogen (secondary N) is 1. The van der Waals surface area contributed by atoms with Gasteiger partial charge >= 0.3 is 0 Å². The van der Waals surface area contributed by atoms with Crippen molar-refractivity contribution in [1.29, 1.82) is 0 Å². The second kappa shape index (κ2) is 3.89. The smallest absolute Gasteiger partial charge is 0.0948 e. The molecule has 0 amide bonds. The molecule has 1 aliphatic rings. The van der Waals surface area contributed by atoms with Gasteiger partial charge < -0.3 is 9.88 Å². The Kier molecular flexibility index (Phi) is 2.61. The first-order valence-corrected chi connectivity index (χ1v) is 4.72. The van der Waals surface area contributed by atoms with E-state index >= 15 is 0 Å². The van der Waals surface area contributed by atoms with Gasteiger partial charge in [0.05, 0.1) is 12.4 Å². The van der Waals surface area contributed by atoms with E-state index in [1.165, 1.54) is 0 Å². The Bertz CT molecular complexity index is 238. The number of rotatable bonds is 2. The summed E-state index contributed by atoms with van der Waals surface area (Å²) in [6.45, 7) is 5.12. The van der Waals surface area contributed by atoms with Crippen molar-refractivity contribution in [3.8, 4) is 0 Å². The summed E-state index contributed by atoms with van der Waals surface area (Å²) in [6.07, 6.45) is 5.66. The van der Waals surface area contributed by atoms with Crippen LogP contribution in [0.15, 0.2) is 18.7 Å². The molecule has 1 aromatic rings. The third-order valence-electron chi connectivity index (χ3n) is 2.56. The molecule has 1 N–H and O–H groups in total. The zero-order chi connectivity index (χ0) is 9.10. The summed E-state index contributed by atoms with van der Waals surface area (Å²) in [6, 6.07) is 0.804. The Morgan fingerprint density at radius 2 is 2.54 bits per heavy atom. The van der Waals surface area contributed by atoms with Crippen LogP contribution in [-0.4, -0.2) is 35.2 Å². The van der Waals surface area contributed by atoms with E-state index in [4.69, 9.17) is 0 Å². The van der Waals surface area contributed by atoms with Gasteiger partial charge in [-0.2, -0.15) is 0 Å². The SMILES string of the molecule is CC(C1CNCC[N]1)n1ccnc1. The first kappa shape index (κ1) is 8.72. The van der Waals surface area contributed by atoms with E-state index in [0.717, 1.165) is 19.6 Å². The van der Waals surface area contributed by atoms with Gasteiger partial charge in [-0.25, -0.2) is 10.3 Å². The van der Waals surface area contributed by atoms with E-state index in [2.05, 4.69) is 27.1 Å². The molecule has 2 heterocycles. The molecule has 2 rings (SSSR count). The first-order chi connectivity index (χ1) is 6.38. The maximum atomic E-state index is 4.57. The largest absolute Gasteiger partial charge is 0.333 e. The second-order valence-electron chi connectivity index (χ2n) is 3.43. The van der Waals surface area contributed by atoms with Crippen LogP contribution in [0, 0.1) is 0 Å². The molecule has 1 aliphatic heterocycles. The van der Waals surface area contributed by atoms with Crippen LogP contribution in [-0.2, 0) is 0 Å². The molecular formula is C9H15N4. The Hall–Kier alpha value is -0.870. The number of nitrogens with zero attached hydrogens (tertiary/aromatic N) is 3. The zero-order valence-electron chi connectivity index (χ0n) is 7.85. The Labute approximate surface area is 78.4 Å². The van der Waals surface area contributed by atoms with Gasteiger partial charge in [0.25, 0.3) is 0 Å². The van der Waals surface area contributed by atoms with Gasteiger partial charge in [-0.1, -0.05) is 0 Å². The van der Waals surface area contributed by atoms with Gasteiger partial charge in [0.2, 0.25) is 0 Å². The molecule has 13 heavy (non-hydrogen) atoms. The molecule has 1 radical (unpaired) electrons. The van der Waals surface area contributed by atoms with Gasteiger partial charge in [-0.15, -0.1) is 0 Å². The molecule has 0 spiro atoms. The lowest BCUT2D eigenvalue weighted by Gasteiger charge is -2.28. The molecule has 0 bridgehead atoms. The third-order valence-corrected chi connectivity index (χ3v) is 2.56. The van der Waals surface area contributed by atoms with Gasteiger partial charge in [0.1, 0.15) is 0 Å². The summed E-state index contributed by atoms with van der Waals surface area (Å²) < 4.78 is 2.11. The highest BCUT2D eigenvalue weighted by Crippen LogP contribution is 2.11. The predicted molar refractivity (Wildman–Crippen MR) is 50.6 cm³/mol. The topological polar surface area (TPSA) is 44.0 Å². The molecule has 0 aliphatic carbocycles. The van der Waals surface area contributed by atoms with Crippen LogP contribution in [0.1, 0.15) is 13.0 Å². The lowest BCUT2D eigenvalue weighted by molar-refractivity contribution is 0.317. The number of hydrogen-bond acceptors (Lipinski definition) is 2. The Balaban J connectivity index is 1.99. The van der Waals surface area contributed by atoms with E-state index in [9.17, 15) is 0 Å². The lowest BCUT2D eigenvalue weighted by atomic mass is 10.1. The standard InChI is InChI=1S/C9H15N4/c1-8(13-5-4-11-7-13)9-6-10-2-3-12-9/h4-5,7-10H,2-3,6H2,1H3. The summed E-state index contributed by atoms with van der Waals surface area (Å²) in [5.74, 6) is 0. The maximum Gasteiger partial charge on any atom is 0.0948 e. The number of piperazine rings is 1. The fraction of sp³-hybridized carbons (Fsp3) is 0.667. The third kappa shape index (κ3) is 1.89. The Morgan fingerprint density at radius 3 is 3.15 bits per heavy atom. The molecule has 4 heteroatoms. The minimum absolute atomic E-state index is 0.392. The second-order valence-corrected chi connectivity index (χ2v) is 3.43. The van der Waals surface area contributed by atoms with Gasteiger partial charge in [0, 0.05) is 38.1 Å². The molecule has 0 aromatic carbocycles. The number of aromatic nitrogens is 2. The number of hydrogen-bond donors (Lipinski definition) is 1. The van der Waals surface area contributed by atoms with E-state index in [1.807, 2.05) is 18.7 Å². The van der Waals surface area contributed by atoms with Gasteiger partial charge in [-0.3, -0.25) is 0 Å². The van der Waals surface area contributed by atoms with E-state index in [-0.39, 0.29) is 0 Å². The van der Waals surface area contributed by atoms with Crippen LogP contribution in [0.4, 0.5) is 0 Å². The normalized spacial score (nSPS) is 25.8. The van der Waals surface area contributed by atoms with E-state index in [0.29, 0.717) is 12.1 Å². The zero-order valence-corrected chi connectivity index (χ0v) is 7.85. The minimum atomic E-state index is 0.392. The fourth-order valence-corrected chi connectivity index (χ4v) is 1.66. The van der Waals surface area contributed by atoms with Crippen LogP contribution < -0.4 is 10.6 Å².